The van der Waals surface area contributed by atoms with Crippen molar-refractivity contribution in [3.05, 3.63) is 48.3 Å². The number of nitrogens with zero attached hydrogens (tertiary/aromatic N) is 4. The molecule has 2 aliphatic rings. The lowest BCUT2D eigenvalue weighted by molar-refractivity contribution is -0.192. The molecule has 0 unspecified atom stereocenters. The minimum atomic E-state index is -5.08. The summed E-state index contributed by atoms with van der Waals surface area (Å²) in [5, 5.41) is 11.4. The van der Waals surface area contributed by atoms with Crippen LogP contribution in [0.3, 0.4) is 0 Å². The van der Waals surface area contributed by atoms with Gasteiger partial charge in [0.25, 0.3) is 5.91 Å². The molecule has 0 atom stereocenters. The van der Waals surface area contributed by atoms with Gasteiger partial charge in [-0.3, -0.25) is 9.69 Å². The van der Waals surface area contributed by atoms with Crippen molar-refractivity contribution in [1.29, 1.82) is 0 Å². The summed E-state index contributed by atoms with van der Waals surface area (Å²) in [5.74, 6) is -1.75. The first-order valence-electron chi connectivity index (χ1n) is 10.2. The molecule has 1 aromatic carbocycles. The van der Waals surface area contributed by atoms with Gasteiger partial charge in [0.05, 0.1) is 11.3 Å². The molecule has 0 bridgehead atoms. The van der Waals surface area contributed by atoms with E-state index in [1.807, 2.05) is 41.4 Å². The standard InChI is InChI=1S/C19H24N4O.C2HF3O2/c24-19(17-7-1-2-8-18(17)23-10-4-9-20-23)22-13-11-21(12-14-22)15-16-5-3-6-16;3-2(4,5)1(6)7/h1-2,4,7-10,16H,3,5-6,11-15H2;(H,6,7). The number of hydrogen-bond donors (Lipinski definition) is 1. The van der Waals surface area contributed by atoms with Crippen molar-refractivity contribution in [1.82, 2.24) is 19.6 Å². The van der Waals surface area contributed by atoms with Crippen LogP contribution in [0.25, 0.3) is 5.69 Å². The van der Waals surface area contributed by atoms with Gasteiger partial charge in [0.2, 0.25) is 0 Å². The van der Waals surface area contributed by atoms with Gasteiger partial charge in [-0.1, -0.05) is 18.6 Å². The fourth-order valence-electron chi connectivity index (χ4n) is 3.61. The third kappa shape index (κ3) is 6.06. The Bertz CT molecular complexity index is 874. The van der Waals surface area contributed by atoms with Crippen LogP contribution in [0.1, 0.15) is 29.6 Å². The lowest BCUT2D eigenvalue weighted by Crippen LogP contribution is -2.50. The van der Waals surface area contributed by atoms with Crippen LogP contribution in [0.15, 0.2) is 42.7 Å². The number of carbonyl (C=O) groups is 2. The highest BCUT2D eigenvalue weighted by atomic mass is 19.4. The van der Waals surface area contributed by atoms with Crippen LogP contribution in [0.2, 0.25) is 0 Å². The third-order valence-corrected chi connectivity index (χ3v) is 5.53. The summed E-state index contributed by atoms with van der Waals surface area (Å²) < 4.78 is 33.5. The van der Waals surface area contributed by atoms with Crippen LogP contribution in [-0.4, -0.2) is 75.5 Å². The number of hydrogen-bond acceptors (Lipinski definition) is 4. The topological polar surface area (TPSA) is 78.7 Å². The van der Waals surface area contributed by atoms with Gasteiger partial charge < -0.3 is 10.0 Å². The molecule has 31 heavy (non-hydrogen) atoms. The second-order valence-corrected chi connectivity index (χ2v) is 7.66. The van der Waals surface area contributed by atoms with Gasteiger partial charge in [-0.25, -0.2) is 9.48 Å². The predicted molar refractivity (Wildman–Crippen MR) is 107 cm³/mol. The van der Waals surface area contributed by atoms with E-state index < -0.39 is 12.1 Å². The number of benzene rings is 1. The minimum absolute atomic E-state index is 0.115. The van der Waals surface area contributed by atoms with Gasteiger partial charge in [0, 0.05) is 45.1 Å². The smallest absolute Gasteiger partial charge is 0.475 e. The van der Waals surface area contributed by atoms with Crippen molar-refractivity contribution >= 4 is 11.9 Å². The van der Waals surface area contributed by atoms with Crippen LogP contribution in [0, 0.1) is 5.92 Å². The number of aliphatic carboxylic acids is 1. The zero-order chi connectivity index (χ0) is 22.4. The molecular formula is C21H25F3N4O3. The van der Waals surface area contributed by atoms with Crippen LogP contribution >= 0.6 is 0 Å². The van der Waals surface area contributed by atoms with Crippen LogP contribution in [0.4, 0.5) is 13.2 Å². The Morgan fingerprint density at radius 1 is 1.06 bits per heavy atom. The first-order valence-corrected chi connectivity index (χ1v) is 10.2. The first kappa shape index (κ1) is 22.8. The number of aromatic nitrogens is 2. The fraction of sp³-hybridized carbons (Fsp3) is 0.476. The molecule has 2 aromatic rings. The molecule has 10 heteroatoms. The molecule has 2 heterocycles. The van der Waals surface area contributed by atoms with Crippen LogP contribution in [0.5, 0.6) is 0 Å². The number of piperazine rings is 1. The zero-order valence-corrected chi connectivity index (χ0v) is 17.0. The van der Waals surface area contributed by atoms with Crippen molar-refractivity contribution < 1.29 is 27.9 Å². The maximum absolute atomic E-state index is 13.0. The molecule has 4 rings (SSSR count). The molecule has 1 aromatic heterocycles. The summed E-state index contributed by atoms with van der Waals surface area (Å²) in [6, 6.07) is 9.60. The molecule has 7 nitrogen and oxygen atoms in total. The normalized spacial score (nSPS) is 17.5. The van der Waals surface area contributed by atoms with Gasteiger partial charge >= 0.3 is 12.1 Å². The zero-order valence-electron chi connectivity index (χ0n) is 17.0. The second-order valence-electron chi connectivity index (χ2n) is 7.66. The van der Waals surface area contributed by atoms with E-state index in [0.717, 1.165) is 43.3 Å². The summed E-state index contributed by atoms with van der Waals surface area (Å²) in [5.41, 5.74) is 1.58. The Kier molecular flexibility index (Phi) is 7.32. The van der Waals surface area contributed by atoms with E-state index in [4.69, 9.17) is 9.90 Å². The molecule has 1 aliphatic heterocycles. The lowest BCUT2D eigenvalue weighted by Gasteiger charge is -2.38. The molecule has 0 spiro atoms. The predicted octanol–water partition coefficient (Wildman–Crippen LogP) is 3.06. The van der Waals surface area contributed by atoms with Gasteiger partial charge in [-0.05, 0) is 37.0 Å². The monoisotopic (exact) mass is 438 g/mol. The summed E-state index contributed by atoms with van der Waals surface area (Å²) >= 11 is 0. The van der Waals surface area contributed by atoms with Crippen LogP contribution in [-0.2, 0) is 4.79 Å². The maximum atomic E-state index is 13.0. The third-order valence-electron chi connectivity index (χ3n) is 5.53. The van der Waals surface area contributed by atoms with E-state index >= 15 is 0 Å². The highest BCUT2D eigenvalue weighted by molar-refractivity contribution is 5.97. The number of carbonyl (C=O) groups excluding carboxylic acids is 1. The van der Waals surface area contributed by atoms with Crippen molar-refractivity contribution in [2.75, 3.05) is 32.7 Å². The van der Waals surface area contributed by atoms with Crippen molar-refractivity contribution in [3.63, 3.8) is 0 Å². The van der Waals surface area contributed by atoms with Crippen molar-refractivity contribution in [2.45, 2.75) is 25.4 Å². The Labute approximate surface area is 178 Å². The summed E-state index contributed by atoms with van der Waals surface area (Å²) in [7, 11) is 0. The van der Waals surface area contributed by atoms with E-state index in [1.165, 1.54) is 25.8 Å². The molecule has 2 fully saturated rings. The van der Waals surface area contributed by atoms with E-state index in [1.54, 1.807) is 10.9 Å². The highest BCUT2D eigenvalue weighted by Gasteiger charge is 2.38. The average molecular weight is 438 g/mol. The first-order chi connectivity index (χ1) is 14.8. The molecule has 1 amide bonds. The molecule has 1 saturated carbocycles. The Morgan fingerprint density at radius 2 is 1.71 bits per heavy atom. The number of halogens is 3. The van der Waals surface area contributed by atoms with Crippen LogP contribution < -0.4 is 0 Å². The van der Waals surface area contributed by atoms with Gasteiger partial charge in [0.1, 0.15) is 0 Å². The number of carboxylic acids is 1. The molecule has 0 radical (unpaired) electrons. The minimum Gasteiger partial charge on any atom is -0.475 e. The quantitative estimate of drug-likeness (QED) is 0.794. The maximum Gasteiger partial charge on any atom is 0.490 e. The summed E-state index contributed by atoms with van der Waals surface area (Å²) in [6.45, 7) is 4.84. The number of amides is 1. The summed E-state index contributed by atoms with van der Waals surface area (Å²) in [4.78, 5) is 26.4. The van der Waals surface area contributed by atoms with E-state index in [0.29, 0.717) is 0 Å². The second kappa shape index (κ2) is 9.95. The summed E-state index contributed by atoms with van der Waals surface area (Å²) in [6.07, 6.45) is 2.70. The lowest BCUT2D eigenvalue weighted by atomic mass is 9.85. The van der Waals surface area contributed by atoms with E-state index in [-0.39, 0.29) is 5.91 Å². The van der Waals surface area contributed by atoms with E-state index in [2.05, 4.69) is 10.00 Å². The Balaban J connectivity index is 0.000000339. The van der Waals surface area contributed by atoms with Gasteiger partial charge in [0.15, 0.2) is 0 Å². The molecule has 1 N–H and O–H groups in total. The van der Waals surface area contributed by atoms with Gasteiger partial charge in [-0.15, -0.1) is 0 Å². The number of rotatable bonds is 4. The number of para-hydroxylation sites is 1. The van der Waals surface area contributed by atoms with Crippen molar-refractivity contribution in [3.8, 4) is 5.69 Å². The molecule has 1 aliphatic carbocycles. The molecule has 1 saturated heterocycles. The Hall–Kier alpha value is -2.88. The molecular weight excluding hydrogens is 413 g/mol. The number of alkyl halides is 3. The molecule has 168 valence electrons. The fourth-order valence-corrected chi connectivity index (χ4v) is 3.61. The van der Waals surface area contributed by atoms with Crippen molar-refractivity contribution in [2.24, 2.45) is 5.92 Å². The Morgan fingerprint density at radius 3 is 2.23 bits per heavy atom. The van der Waals surface area contributed by atoms with Gasteiger partial charge in [-0.2, -0.15) is 18.3 Å². The highest BCUT2D eigenvalue weighted by Crippen LogP contribution is 2.27. The largest absolute Gasteiger partial charge is 0.490 e. The van der Waals surface area contributed by atoms with E-state index in [9.17, 15) is 18.0 Å². The SMILES string of the molecule is O=C(O)C(F)(F)F.O=C(c1ccccc1-n1cccn1)N1CCN(CC2CCC2)CC1. The average Bonchev–Trinajstić information content (AvgIpc) is 3.25. The number of carboxylic acid groups (broad SMARTS) is 1.